The van der Waals surface area contributed by atoms with E-state index in [1.807, 2.05) is 13.8 Å². The minimum absolute atomic E-state index is 0.0865. The average Bonchev–Trinajstić information content (AvgIpc) is 2.19. The number of anilines is 1. The van der Waals surface area contributed by atoms with Gasteiger partial charge in [0.2, 0.25) is 0 Å². The highest BCUT2D eigenvalue weighted by Gasteiger charge is 2.09. The van der Waals surface area contributed by atoms with Gasteiger partial charge in [0.15, 0.2) is 0 Å². The minimum atomic E-state index is -0.0865. The lowest BCUT2D eigenvalue weighted by Crippen LogP contribution is -2.24. The number of hydrogen-bond donors (Lipinski definition) is 2. The van der Waals surface area contributed by atoms with Gasteiger partial charge in [-0.15, -0.1) is 0 Å². The third-order valence-electron chi connectivity index (χ3n) is 1.73. The molecule has 4 nitrogen and oxygen atoms in total. The molecular formula is C10H15N3O. The topological polar surface area (TPSA) is 54.0 Å². The fourth-order valence-electron chi connectivity index (χ4n) is 1.15. The summed E-state index contributed by atoms with van der Waals surface area (Å²) in [7, 11) is 0. The van der Waals surface area contributed by atoms with Gasteiger partial charge in [0, 0.05) is 19.3 Å². The van der Waals surface area contributed by atoms with Gasteiger partial charge in [-0.25, -0.2) is 4.98 Å². The molecule has 0 aliphatic rings. The molecule has 0 spiro atoms. The Morgan fingerprint density at radius 1 is 1.43 bits per heavy atom. The van der Waals surface area contributed by atoms with Crippen molar-refractivity contribution in [2.45, 2.75) is 13.8 Å². The van der Waals surface area contributed by atoms with Gasteiger partial charge in [-0.2, -0.15) is 0 Å². The number of nitrogens with one attached hydrogen (secondary N) is 2. The maximum absolute atomic E-state index is 11.5. The molecule has 0 aromatic carbocycles. The molecule has 0 atom stereocenters. The van der Waals surface area contributed by atoms with Gasteiger partial charge in [0.1, 0.15) is 5.82 Å². The highest BCUT2D eigenvalue weighted by atomic mass is 16.1. The summed E-state index contributed by atoms with van der Waals surface area (Å²) >= 11 is 0. The Morgan fingerprint density at radius 3 is 2.86 bits per heavy atom. The lowest BCUT2D eigenvalue weighted by Gasteiger charge is -2.08. The summed E-state index contributed by atoms with van der Waals surface area (Å²) in [5.41, 5.74) is 0.594. The molecule has 14 heavy (non-hydrogen) atoms. The van der Waals surface area contributed by atoms with Crippen LogP contribution >= 0.6 is 0 Å². The Morgan fingerprint density at radius 2 is 2.21 bits per heavy atom. The molecule has 0 saturated heterocycles. The highest BCUT2D eigenvalue weighted by molar-refractivity contribution is 5.98. The second-order valence-corrected chi connectivity index (χ2v) is 2.79. The van der Waals surface area contributed by atoms with Crippen molar-refractivity contribution in [2.24, 2.45) is 0 Å². The van der Waals surface area contributed by atoms with Crippen LogP contribution in [0.3, 0.4) is 0 Å². The molecule has 0 aliphatic carbocycles. The van der Waals surface area contributed by atoms with Crippen LogP contribution in [0.25, 0.3) is 0 Å². The van der Waals surface area contributed by atoms with Crippen LogP contribution in [-0.4, -0.2) is 24.0 Å². The van der Waals surface area contributed by atoms with Crippen molar-refractivity contribution in [3.63, 3.8) is 0 Å². The second kappa shape index (κ2) is 5.21. The predicted octanol–water partition coefficient (Wildman–Crippen LogP) is 1.26. The van der Waals surface area contributed by atoms with Crippen LogP contribution in [-0.2, 0) is 0 Å². The fraction of sp³-hybridized carbons (Fsp3) is 0.400. The van der Waals surface area contributed by atoms with Gasteiger partial charge in [0.25, 0.3) is 5.91 Å². The number of hydrogen-bond acceptors (Lipinski definition) is 3. The minimum Gasteiger partial charge on any atom is -0.370 e. The Hall–Kier alpha value is -1.58. The first-order chi connectivity index (χ1) is 6.79. The van der Waals surface area contributed by atoms with Crippen LogP contribution in [0.5, 0.6) is 0 Å². The molecule has 76 valence electrons. The van der Waals surface area contributed by atoms with E-state index in [1.54, 1.807) is 18.3 Å². The molecule has 1 heterocycles. The highest BCUT2D eigenvalue weighted by Crippen LogP contribution is 2.10. The second-order valence-electron chi connectivity index (χ2n) is 2.79. The van der Waals surface area contributed by atoms with Gasteiger partial charge < -0.3 is 10.6 Å². The molecular weight excluding hydrogens is 178 g/mol. The molecule has 0 bridgehead atoms. The van der Waals surface area contributed by atoms with Crippen LogP contribution in [0.4, 0.5) is 5.82 Å². The molecule has 0 saturated carbocycles. The summed E-state index contributed by atoms with van der Waals surface area (Å²) in [6.07, 6.45) is 1.67. The quantitative estimate of drug-likeness (QED) is 0.757. The summed E-state index contributed by atoms with van der Waals surface area (Å²) in [4.78, 5) is 15.6. The normalized spacial score (nSPS) is 9.57. The van der Waals surface area contributed by atoms with Gasteiger partial charge in [-0.05, 0) is 26.0 Å². The van der Waals surface area contributed by atoms with Crippen LogP contribution in [0, 0.1) is 0 Å². The number of rotatable bonds is 4. The van der Waals surface area contributed by atoms with E-state index in [1.165, 1.54) is 0 Å². The third kappa shape index (κ3) is 2.45. The molecule has 2 N–H and O–H groups in total. The van der Waals surface area contributed by atoms with Crippen molar-refractivity contribution in [3.05, 3.63) is 23.9 Å². The van der Waals surface area contributed by atoms with E-state index < -0.39 is 0 Å². The Balaban J connectivity index is 2.88. The maximum Gasteiger partial charge on any atom is 0.255 e. The number of carbonyl (C=O) groups is 1. The van der Waals surface area contributed by atoms with Crippen molar-refractivity contribution < 1.29 is 4.79 Å². The van der Waals surface area contributed by atoms with Gasteiger partial charge >= 0.3 is 0 Å². The number of aromatic nitrogens is 1. The summed E-state index contributed by atoms with van der Waals surface area (Å²) in [5.74, 6) is 0.553. The van der Waals surface area contributed by atoms with E-state index in [0.29, 0.717) is 17.9 Å². The van der Waals surface area contributed by atoms with Gasteiger partial charge in [-0.1, -0.05) is 0 Å². The summed E-state index contributed by atoms with van der Waals surface area (Å²) in [6, 6.07) is 3.52. The van der Waals surface area contributed by atoms with E-state index in [0.717, 1.165) is 6.54 Å². The zero-order valence-electron chi connectivity index (χ0n) is 8.50. The number of nitrogens with zero attached hydrogens (tertiary/aromatic N) is 1. The van der Waals surface area contributed by atoms with Crippen LogP contribution < -0.4 is 10.6 Å². The Labute approximate surface area is 83.7 Å². The predicted molar refractivity (Wildman–Crippen MR) is 56.4 cm³/mol. The molecule has 0 unspecified atom stereocenters. The summed E-state index contributed by atoms with van der Waals surface area (Å²) < 4.78 is 0. The van der Waals surface area contributed by atoms with Crippen molar-refractivity contribution in [1.82, 2.24) is 10.3 Å². The molecule has 0 radical (unpaired) electrons. The fourth-order valence-corrected chi connectivity index (χ4v) is 1.15. The smallest absolute Gasteiger partial charge is 0.255 e. The molecule has 1 aromatic heterocycles. The van der Waals surface area contributed by atoms with Crippen LogP contribution in [0.2, 0.25) is 0 Å². The van der Waals surface area contributed by atoms with Crippen LogP contribution in [0.1, 0.15) is 24.2 Å². The molecule has 1 aromatic rings. The van der Waals surface area contributed by atoms with Crippen molar-refractivity contribution in [2.75, 3.05) is 18.4 Å². The summed E-state index contributed by atoms with van der Waals surface area (Å²) in [6.45, 7) is 5.24. The Kier molecular flexibility index (Phi) is 3.91. The van der Waals surface area contributed by atoms with E-state index in [9.17, 15) is 4.79 Å². The van der Waals surface area contributed by atoms with Crippen LogP contribution in [0.15, 0.2) is 18.3 Å². The standard InChI is InChI=1S/C10H15N3O/c1-3-11-9-8(6-5-7-13-9)10(14)12-4-2/h5-7H,3-4H2,1-2H3,(H,11,13)(H,12,14). The van der Waals surface area contributed by atoms with Crippen molar-refractivity contribution in [3.8, 4) is 0 Å². The first kappa shape index (κ1) is 10.5. The Bertz CT molecular complexity index is 312. The maximum atomic E-state index is 11.5. The largest absolute Gasteiger partial charge is 0.370 e. The molecule has 0 fully saturated rings. The number of pyridine rings is 1. The zero-order valence-corrected chi connectivity index (χ0v) is 8.50. The van der Waals surface area contributed by atoms with E-state index in [4.69, 9.17) is 0 Å². The van der Waals surface area contributed by atoms with Crippen molar-refractivity contribution >= 4 is 11.7 Å². The van der Waals surface area contributed by atoms with E-state index in [2.05, 4.69) is 15.6 Å². The lowest BCUT2D eigenvalue weighted by atomic mass is 10.2. The first-order valence-electron chi connectivity index (χ1n) is 4.76. The number of carbonyl (C=O) groups excluding carboxylic acids is 1. The zero-order chi connectivity index (χ0) is 10.4. The first-order valence-corrected chi connectivity index (χ1v) is 4.76. The average molecular weight is 193 g/mol. The molecule has 4 heteroatoms. The molecule has 1 amide bonds. The third-order valence-corrected chi connectivity index (χ3v) is 1.73. The lowest BCUT2D eigenvalue weighted by molar-refractivity contribution is 0.0956. The van der Waals surface area contributed by atoms with Gasteiger partial charge in [-0.3, -0.25) is 4.79 Å². The summed E-state index contributed by atoms with van der Waals surface area (Å²) in [5, 5.41) is 5.79. The molecule has 0 aliphatic heterocycles. The van der Waals surface area contributed by atoms with E-state index >= 15 is 0 Å². The van der Waals surface area contributed by atoms with Gasteiger partial charge in [0.05, 0.1) is 5.56 Å². The van der Waals surface area contributed by atoms with E-state index in [-0.39, 0.29) is 5.91 Å². The molecule has 1 rings (SSSR count). The van der Waals surface area contributed by atoms with Crippen molar-refractivity contribution in [1.29, 1.82) is 0 Å². The monoisotopic (exact) mass is 193 g/mol. The number of amides is 1. The SMILES string of the molecule is CCNC(=O)c1cccnc1NCC.